The van der Waals surface area contributed by atoms with Gasteiger partial charge in [-0.05, 0) is 25.0 Å². The fraction of sp³-hybridized carbons (Fsp3) is 0.400. The van der Waals surface area contributed by atoms with E-state index < -0.39 is 6.04 Å². The fourth-order valence-corrected chi connectivity index (χ4v) is 1.78. The third kappa shape index (κ3) is 4.09. The molecule has 0 aromatic heterocycles. The molecule has 0 aliphatic rings. The van der Waals surface area contributed by atoms with Crippen molar-refractivity contribution in [3.8, 4) is 6.07 Å². The van der Waals surface area contributed by atoms with Gasteiger partial charge in [-0.2, -0.15) is 5.26 Å². The molecule has 5 nitrogen and oxygen atoms in total. The van der Waals surface area contributed by atoms with Gasteiger partial charge in [0.2, 0.25) is 0 Å². The fourth-order valence-electron chi connectivity index (χ4n) is 1.78. The van der Waals surface area contributed by atoms with Gasteiger partial charge in [0.25, 0.3) is 0 Å². The van der Waals surface area contributed by atoms with Crippen LogP contribution in [0.2, 0.25) is 0 Å². The first-order valence-corrected chi connectivity index (χ1v) is 6.58. The van der Waals surface area contributed by atoms with Crippen LogP contribution in [0.1, 0.15) is 36.7 Å². The molecule has 2 amide bonds. The van der Waals surface area contributed by atoms with E-state index in [0.29, 0.717) is 17.7 Å². The molecule has 1 aromatic carbocycles. The minimum atomic E-state index is -0.588. The van der Waals surface area contributed by atoms with Crippen molar-refractivity contribution < 1.29 is 9.59 Å². The van der Waals surface area contributed by atoms with E-state index in [0.717, 1.165) is 0 Å². The number of benzene rings is 1. The molecular weight excluding hydrogens is 254 g/mol. The first-order chi connectivity index (χ1) is 9.49. The molecule has 0 aliphatic heterocycles. The number of nitriles is 1. The molecule has 2 N–H and O–H groups in total. The number of carbonyl (C=O) groups is 2. The molecule has 0 saturated heterocycles. The van der Waals surface area contributed by atoms with Gasteiger partial charge in [-0.25, -0.2) is 4.79 Å². The van der Waals surface area contributed by atoms with E-state index in [2.05, 4.69) is 10.6 Å². The highest BCUT2D eigenvalue weighted by Gasteiger charge is 2.25. The molecule has 0 saturated carbocycles. The zero-order chi connectivity index (χ0) is 15.1. The Morgan fingerprint density at radius 3 is 2.30 bits per heavy atom. The van der Waals surface area contributed by atoms with E-state index in [-0.39, 0.29) is 17.7 Å². The van der Waals surface area contributed by atoms with Gasteiger partial charge in [0.15, 0.2) is 5.78 Å². The molecule has 0 spiro atoms. The number of amides is 2. The van der Waals surface area contributed by atoms with E-state index in [9.17, 15) is 9.59 Å². The maximum atomic E-state index is 12.4. The maximum absolute atomic E-state index is 12.4. The summed E-state index contributed by atoms with van der Waals surface area (Å²) >= 11 is 0. The molecular formula is C15H19N3O2. The third-order valence-corrected chi connectivity index (χ3v) is 2.87. The molecule has 106 valence electrons. The van der Waals surface area contributed by atoms with Gasteiger partial charge in [0, 0.05) is 12.1 Å². The van der Waals surface area contributed by atoms with Crippen molar-refractivity contribution in [1.29, 1.82) is 5.26 Å². The van der Waals surface area contributed by atoms with E-state index in [1.54, 1.807) is 24.3 Å². The quantitative estimate of drug-likeness (QED) is 0.806. The number of ketones is 1. The smallest absolute Gasteiger partial charge is 0.315 e. The van der Waals surface area contributed by atoms with Crippen LogP contribution in [-0.4, -0.2) is 24.4 Å². The Labute approximate surface area is 119 Å². The molecule has 0 bridgehead atoms. The molecule has 1 rings (SSSR count). The van der Waals surface area contributed by atoms with Crippen LogP contribution in [0.15, 0.2) is 24.3 Å². The molecule has 5 heteroatoms. The average molecular weight is 273 g/mol. The van der Waals surface area contributed by atoms with Crippen LogP contribution in [0.5, 0.6) is 0 Å². The second-order valence-corrected chi connectivity index (χ2v) is 4.78. The predicted octanol–water partition coefficient (Wildman–Crippen LogP) is 2.08. The first kappa shape index (κ1) is 15.7. The van der Waals surface area contributed by atoms with Gasteiger partial charge < -0.3 is 10.6 Å². The van der Waals surface area contributed by atoms with Crippen molar-refractivity contribution in [1.82, 2.24) is 10.6 Å². The summed E-state index contributed by atoms with van der Waals surface area (Å²) in [4.78, 5) is 24.0. The standard InChI is InChI=1S/C15H19N3O2/c1-4-17-15(20)18-13(10(2)3)14(19)12-7-5-11(9-16)6-8-12/h5-8,10,13H,4H2,1-3H3,(H2,17,18,20). The lowest BCUT2D eigenvalue weighted by Crippen LogP contribution is -2.48. The highest BCUT2D eigenvalue weighted by atomic mass is 16.2. The number of urea groups is 1. The van der Waals surface area contributed by atoms with Gasteiger partial charge in [-0.15, -0.1) is 0 Å². The Morgan fingerprint density at radius 2 is 1.85 bits per heavy atom. The molecule has 0 aliphatic carbocycles. The van der Waals surface area contributed by atoms with Crippen LogP contribution in [0.25, 0.3) is 0 Å². The third-order valence-electron chi connectivity index (χ3n) is 2.87. The second kappa shape index (κ2) is 7.29. The summed E-state index contributed by atoms with van der Waals surface area (Å²) in [6.45, 7) is 6.06. The predicted molar refractivity (Wildman–Crippen MR) is 76.3 cm³/mol. The van der Waals surface area contributed by atoms with Crippen molar-refractivity contribution in [2.24, 2.45) is 5.92 Å². The summed E-state index contributed by atoms with van der Waals surface area (Å²) in [5.41, 5.74) is 0.985. The number of hydrogen-bond acceptors (Lipinski definition) is 3. The first-order valence-electron chi connectivity index (χ1n) is 6.58. The summed E-state index contributed by atoms with van der Waals surface area (Å²) in [5.74, 6) is -0.184. The Hall–Kier alpha value is -2.35. The molecule has 1 atom stereocenters. The van der Waals surface area contributed by atoms with Gasteiger partial charge in [-0.1, -0.05) is 26.0 Å². The van der Waals surface area contributed by atoms with Crippen LogP contribution >= 0.6 is 0 Å². The number of carbonyl (C=O) groups excluding carboxylic acids is 2. The minimum Gasteiger partial charge on any atom is -0.338 e. The molecule has 0 fully saturated rings. The van der Waals surface area contributed by atoms with E-state index in [1.165, 1.54) is 0 Å². The Balaban J connectivity index is 2.88. The SMILES string of the molecule is CCNC(=O)NC(C(=O)c1ccc(C#N)cc1)C(C)C. The van der Waals surface area contributed by atoms with Gasteiger partial charge in [0.1, 0.15) is 0 Å². The second-order valence-electron chi connectivity index (χ2n) is 4.78. The number of hydrogen-bond donors (Lipinski definition) is 2. The van der Waals surface area contributed by atoms with Crippen LogP contribution in [-0.2, 0) is 0 Å². The number of nitrogens with one attached hydrogen (secondary N) is 2. The Kier molecular flexibility index (Phi) is 5.73. The number of Topliss-reactive ketones (excluding diaryl/α,β-unsaturated/α-hetero) is 1. The van der Waals surface area contributed by atoms with Gasteiger partial charge >= 0.3 is 6.03 Å². The summed E-state index contributed by atoms with van der Waals surface area (Å²) in [5, 5.41) is 14.0. The van der Waals surface area contributed by atoms with Crippen LogP contribution in [0.4, 0.5) is 4.79 Å². The van der Waals surface area contributed by atoms with Crippen molar-refractivity contribution in [2.45, 2.75) is 26.8 Å². The summed E-state index contributed by atoms with van der Waals surface area (Å²) in [6, 6.07) is 7.46. The van der Waals surface area contributed by atoms with Crippen molar-refractivity contribution in [3.63, 3.8) is 0 Å². The van der Waals surface area contributed by atoms with E-state index >= 15 is 0 Å². The monoisotopic (exact) mass is 273 g/mol. The van der Waals surface area contributed by atoms with Crippen LogP contribution < -0.4 is 10.6 Å². The van der Waals surface area contributed by atoms with Gasteiger partial charge in [0.05, 0.1) is 17.7 Å². The number of rotatable bonds is 5. The zero-order valence-electron chi connectivity index (χ0n) is 11.9. The maximum Gasteiger partial charge on any atom is 0.315 e. The molecule has 20 heavy (non-hydrogen) atoms. The molecule has 1 unspecified atom stereocenters. The minimum absolute atomic E-state index is 0.0271. The average Bonchev–Trinajstić information content (AvgIpc) is 2.44. The summed E-state index contributed by atoms with van der Waals surface area (Å²) in [7, 11) is 0. The Morgan fingerprint density at radius 1 is 1.25 bits per heavy atom. The normalized spacial score (nSPS) is 11.6. The molecule has 0 heterocycles. The lowest BCUT2D eigenvalue weighted by molar-refractivity contribution is 0.0921. The lowest BCUT2D eigenvalue weighted by Gasteiger charge is -2.21. The zero-order valence-corrected chi connectivity index (χ0v) is 11.9. The van der Waals surface area contributed by atoms with Crippen molar-refractivity contribution in [2.75, 3.05) is 6.54 Å². The highest BCUT2D eigenvalue weighted by Crippen LogP contribution is 2.12. The summed E-state index contributed by atoms with van der Waals surface area (Å²) in [6.07, 6.45) is 0. The highest BCUT2D eigenvalue weighted by molar-refractivity contribution is 6.02. The van der Waals surface area contributed by atoms with Crippen LogP contribution in [0.3, 0.4) is 0 Å². The largest absolute Gasteiger partial charge is 0.338 e. The van der Waals surface area contributed by atoms with E-state index in [4.69, 9.17) is 5.26 Å². The van der Waals surface area contributed by atoms with Gasteiger partial charge in [-0.3, -0.25) is 4.79 Å². The van der Waals surface area contributed by atoms with Crippen molar-refractivity contribution in [3.05, 3.63) is 35.4 Å². The number of nitrogens with zero attached hydrogens (tertiary/aromatic N) is 1. The van der Waals surface area contributed by atoms with E-state index in [1.807, 2.05) is 26.8 Å². The summed E-state index contributed by atoms with van der Waals surface area (Å²) < 4.78 is 0. The molecule has 0 radical (unpaired) electrons. The Bertz CT molecular complexity index is 515. The van der Waals surface area contributed by atoms with Crippen LogP contribution in [0, 0.1) is 17.2 Å². The lowest BCUT2D eigenvalue weighted by atomic mass is 9.94. The van der Waals surface area contributed by atoms with Crippen molar-refractivity contribution >= 4 is 11.8 Å². The topological polar surface area (TPSA) is 82.0 Å². The molecule has 1 aromatic rings.